The molecule has 44 heteroatoms. The predicted octanol–water partition coefficient (Wildman–Crippen LogP) is 14.5. The van der Waals surface area contributed by atoms with Crippen molar-refractivity contribution < 1.29 is 55.1 Å². The number of nitrogens with zero attached hydrogens (tertiary/aromatic N) is 20. The lowest BCUT2D eigenvalue weighted by Gasteiger charge is -2.45. The van der Waals surface area contributed by atoms with Gasteiger partial charge < -0.3 is 74.4 Å². The highest BCUT2D eigenvalue weighted by Gasteiger charge is 2.51. The third-order valence-corrected chi connectivity index (χ3v) is 24.5. The fraction of sp³-hybridized carbons (Fsp3) is 0.538. The fourth-order valence-corrected chi connectivity index (χ4v) is 17.1. The third-order valence-electron chi connectivity index (χ3n) is 23.0. The molecule has 0 radical (unpaired) electrons. The molecule has 8 fully saturated rings. The maximum Gasteiger partial charge on any atom is 0.282 e. The first kappa shape index (κ1) is 85.8. The summed E-state index contributed by atoms with van der Waals surface area (Å²) < 4.78 is 119. The van der Waals surface area contributed by atoms with Gasteiger partial charge in [0, 0.05) is 89.1 Å². The normalized spacial score (nSPS) is 21.7. The number of halogens is 9. The second-order valence-corrected chi connectivity index (χ2v) is 32.0. The summed E-state index contributed by atoms with van der Waals surface area (Å²) in [4.78, 5) is 56.1. The van der Waals surface area contributed by atoms with Gasteiger partial charge in [-0.05, 0) is 90.5 Å². The topological polar surface area (TPSA) is 363 Å². The molecule has 12 aromatic heterocycles. The summed E-state index contributed by atoms with van der Waals surface area (Å²) in [5.41, 5.74) is 4.38. The Morgan fingerprint density at radius 3 is 1.20 bits per heavy atom. The minimum Gasteiger partial charge on any atom is -0.477 e. The number of rotatable bonds is 24. The Bertz CT molecular complexity index is 5540. The molecule has 2 aliphatic carbocycles. The SMILES string of the molecule is C.CCOc1nc(Nc2cnn(C3CCN(C4CCC4)CC3(F)F)c2Cl)nc2[nH]ccc12.CCOc1nc(Nc2cnn(C3CCN(C4CCC4)CC3F)c2Cl)nc2[nH]ccc12.CCOc1nc(Nc2cnn(C3CN(C4COC4)CCC3(F)F)c2Cl)nc2[nH]ccc12.CCOc1nc(Nc2cnn(C3CN(C4COC4)CCO3)c2Cl)nc2[nH]ccc12. The van der Waals surface area contributed by atoms with Gasteiger partial charge in [-0.1, -0.05) is 66.7 Å². The van der Waals surface area contributed by atoms with E-state index in [4.69, 9.17) is 79.6 Å². The molecule has 0 bridgehead atoms. The van der Waals surface area contributed by atoms with Gasteiger partial charge in [-0.2, -0.15) is 60.3 Å². The van der Waals surface area contributed by atoms with Gasteiger partial charge in [0.1, 0.15) is 40.8 Å². The molecule has 0 spiro atoms. The summed E-state index contributed by atoms with van der Waals surface area (Å²) in [6.07, 6.45) is 19.4. The number of morpholine rings is 1. The Hall–Kier alpha value is -9.75. The third kappa shape index (κ3) is 18.2. The second kappa shape index (κ2) is 37.4. The van der Waals surface area contributed by atoms with Crippen LogP contribution in [0.2, 0.25) is 20.6 Å². The maximum absolute atomic E-state index is 15.0. The lowest BCUT2D eigenvalue weighted by molar-refractivity contribution is -0.140. The van der Waals surface area contributed by atoms with Crippen LogP contribution in [0.4, 0.5) is 68.5 Å². The first-order valence-corrected chi connectivity index (χ1v) is 42.3. The molecule has 2 saturated carbocycles. The molecule has 18 heterocycles. The summed E-state index contributed by atoms with van der Waals surface area (Å²) in [5.74, 6) is -2.81. The molecular weight excluding hydrogens is 1680 g/mol. The highest BCUT2D eigenvalue weighted by atomic mass is 35.5. The van der Waals surface area contributed by atoms with Crippen LogP contribution in [0.15, 0.2) is 73.8 Å². The van der Waals surface area contributed by atoms with E-state index in [1.54, 1.807) is 46.5 Å². The minimum absolute atomic E-state index is 0. The zero-order valence-electron chi connectivity index (χ0n) is 66.7. The van der Waals surface area contributed by atoms with Crippen molar-refractivity contribution in [3.05, 3.63) is 94.5 Å². The average molecular weight is 1780 g/mol. The van der Waals surface area contributed by atoms with E-state index in [2.05, 4.69) is 111 Å². The minimum atomic E-state index is -2.92. The van der Waals surface area contributed by atoms with Crippen molar-refractivity contribution in [1.29, 1.82) is 0 Å². The molecule has 6 saturated heterocycles. The Labute approximate surface area is 717 Å². The van der Waals surface area contributed by atoms with E-state index in [-0.39, 0.29) is 73.5 Å². The van der Waals surface area contributed by atoms with Gasteiger partial charge in [0.25, 0.3) is 11.8 Å². The average Bonchev–Trinajstić information content (AvgIpc) is 1.47. The lowest BCUT2D eigenvalue weighted by atomic mass is 9.88. The number of likely N-dealkylation sites (tertiary alicyclic amines) is 3. The number of H-pyrrole nitrogens is 4. The molecule has 0 aromatic carbocycles. The summed E-state index contributed by atoms with van der Waals surface area (Å²) >= 11 is 26.1. The van der Waals surface area contributed by atoms with Crippen LogP contribution in [0.5, 0.6) is 23.5 Å². The number of hydrogen-bond acceptors (Lipinski definition) is 27. The molecule has 654 valence electrons. The molecule has 20 rings (SSSR count). The van der Waals surface area contributed by atoms with E-state index in [1.807, 2.05) is 61.8 Å². The van der Waals surface area contributed by atoms with Crippen LogP contribution in [0.25, 0.3) is 44.1 Å². The van der Waals surface area contributed by atoms with Crippen LogP contribution in [-0.2, 0) is 14.2 Å². The molecule has 6 aliphatic heterocycles. The zero-order chi connectivity index (χ0) is 83.6. The Morgan fingerprint density at radius 1 is 0.434 bits per heavy atom. The number of ether oxygens (including phenoxy) is 7. The van der Waals surface area contributed by atoms with Crippen molar-refractivity contribution in [3.8, 4) is 23.5 Å². The number of fused-ring (bicyclic) bond motifs is 4. The van der Waals surface area contributed by atoms with E-state index in [0.29, 0.717) is 188 Å². The van der Waals surface area contributed by atoms with E-state index < -0.39 is 30.1 Å². The van der Waals surface area contributed by atoms with E-state index in [1.165, 1.54) is 41.0 Å². The number of aromatic nitrogens is 20. The van der Waals surface area contributed by atoms with Gasteiger partial charge in [-0.15, -0.1) is 0 Å². The molecular formula is C78H97Cl4F5N28O7. The number of alkyl halides is 5. The van der Waals surface area contributed by atoms with Crippen LogP contribution in [-0.4, -0.2) is 273 Å². The molecule has 5 unspecified atom stereocenters. The van der Waals surface area contributed by atoms with Gasteiger partial charge in [0.15, 0.2) is 26.8 Å². The fourth-order valence-electron chi connectivity index (χ4n) is 16.0. The first-order valence-electron chi connectivity index (χ1n) is 40.8. The van der Waals surface area contributed by atoms with Crippen LogP contribution in [0.3, 0.4) is 0 Å². The summed E-state index contributed by atoms with van der Waals surface area (Å²) in [6, 6.07) is 6.23. The maximum atomic E-state index is 15.0. The number of hydrogen-bond donors (Lipinski definition) is 8. The van der Waals surface area contributed by atoms with Crippen molar-refractivity contribution in [2.24, 2.45) is 0 Å². The lowest BCUT2D eigenvalue weighted by Crippen LogP contribution is -2.57. The van der Waals surface area contributed by atoms with Gasteiger partial charge in [-0.25, -0.2) is 40.7 Å². The number of nitrogens with one attached hydrogen (secondary N) is 8. The Morgan fingerprint density at radius 2 is 0.811 bits per heavy atom. The van der Waals surface area contributed by atoms with Crippen LogP contribution < -0.4 is 40.2 Å². The van der Waals surface area contributed by atoms with E-state index in [9.17, 15) is 22.0 Å². The monoisotopic (exact) mass is 1770 g/mol. The first-order chi connectivity index (χ1) is 58.8. The molecule has 122 heavy (non-hydrogen) atoms. The summed E-state index contributed by atoms with van der Waals surface area (Å²) in [5, 5.41) is 33.5. The standard InChI is InChI=1S/C20H24ClF2N7O.C20H25ClFN7O.C19H22ClF2N7O2.C18H22ClN7O3.CH4/c1-2-31-18-13-6-8-24-17(13)27-19(28-18)26-14-10-25-30(16(14)21)15-7-9-29(11-20(15,22)23)12-4-3-5-12;1-2-30-19-13-6-8-23-18(13)26-20(27-19)25-15-10-24-29(17(15)21)16-7-9-28(11-14(16)22)12-4-3-5-12;1-2-31-17-12-3-5-23-16(12)26-18(27-17)25-13-7-24-29(15(13)20)14-8-28(11-9-30-10-11)6-4-19(14,21)22;1-2-28-17-12-3-4-20-16(12)23-18(24-17)22-13-7-21-26(15(13)19)14-8-25(5-6-29-14)11-9-27-10-11;/h6,8,10,12,15H,2-5,7,9,11H2,1H3,(H2,24,26,27,28);6,8,10,12,14,16H,2-5,7,9,11H2,1H3,(H2,23,25,26,27);3,5,7,11,14H,2,4,6,8-10H2,1H3,(H2,23,25,26,27);3-4,7,11,14H,2,5-6,8-10H2,1H3,(H2,20,22,23,24);1H4. The van der Waals surface area contributed by atoms with Gasteiger partial charge >= 0.3 is 0 Å². The molecule has 8 aliphatic rings. The Kier molecular flexibility index (Phi) is 26.3. The molecule has 0 amide bonds. The van der Waals surface area contributed by atoms with Crippen molar-refractivity contribution in [2.45, 2.75) is 159 Å². The van der Waals surface area contributed by atoms with Crippen LogP contribution in [0, 0.1) is 0 Å². The van der Waals surface area contributed by atoms with Crippen LogP contribution in [0.1, 0.15) is 117 Å². The zero-order valence-corrected chi connectivity index (χ0v) is 69.7. The number of piperidine rings is 3. The van der Waals surface area contributed by atoms with Gasteiger partial charge in [0.05, 0.1) is 153 Å². The second-order valence-electron chi connectivity index (χ2n) is 30.6. The summed E-state index contributed by atoms with van der Waals surface area (Å²) in [6.45, 7) is 16.5. The van der Waals surface area contributed by atoms with Gasteiger partial charge in [-0.3, -0.25) is 19.6 Å². The number of aromatic amines is 4. The van der Waals surface area contributed by atoms with E-state index in [0.717, 1.165) is 67.1 Å². The van der Waals surface area contributed by atoms with Crippen molar-refractivity contribution in [3.63, 3.8) is 0 Å². The van der Waals surface area contributed by atoms with E-state index >= 15 is 0 Å². The largest absolute Gasteiger partial charge is 0.477 e. The summed E-state index contributed by atoms with van der Waals surface area (Å²) in [7, 11) is 0. The molecule has 35 nitrogen and oxygen atoms in total. The molecule has 8 N–H and O–H groups in total. The predicted molar refractivity (Wildman–Crippen MR) is 451 cm³/mol. The van der Waals surface area contributed by atoms with Crippen LogP contribution >= 0.6 is 46.4 Å². The molecule has 5 atom stereocenters. The highest BCUT2D eigenvalue weighted by molar-refractivity contribution is 6.33. The van der Waals surface area contributed by atoms with Crippen molar-refractivity contribution in [2.75, 3.05) is 133 Å². The Balaban J connectivity index is 0.000000120. The van der Waals surface area contributed by atoms with Crippen molar-refractivity contribution >= 4 is 137 Å². The van der Waals surface area contributed by atoms with Gasteiger partial charge in [0.2, 0.25) is 47.3 Å². The quantitative estimate of drug-likeness (QED) is 0.0260. The highest BCUT2D eigenvalue weighted by Crippen LogP contribution is 2.45. The van der Waals surface area contributed by atoms with Crippen molar-refractivity contribution in [1.82, 2.24) is 119 Å². The molecule has 12 aromatic rings. The number of anilines is 8. The smallest absolute Gasteiger partial charge is 0.282 e.